The fourth-order valence-corrected chi connectivity index (χ4v) is 0.961. The molecule has 0 saturated carbocycles. The van der Waals surface area contributed by atoms with E-state index in [1.807, 2.05) is 0 Å². The number of hydrogen-bond acceptors (Lipinski definition) is 3. The molecule has 0 bridgehead atoms. The van der Waals surface area contributed by atoms with Gasteiger partial charge < -0.3 is 15.8 Å². The number of hydrogen-bond donors (Lipinski definition) is 2. The second-order valence-corrected chi connectivity index (χ2v) is 5.00. The summed E-state index contributed by atoms with van der Waals surface area (Å²) in [6.45, 7) is 7.98. The first-order chi connectivity index (χ1) is 6.56. The van der Waals surface area contributed by atoms with Crippen molar-refractivity contribution in [2.75, 3.05) is 6.54 Å². The van der Waals surface area contributed by atoms with E-state index in [0.29, 0.717) is 0 Å². The average molecular weight is 220 g/mol. The average Bonchev–Trinajstić information content (AvgIpc) is 1.94. The fourth-order valence-electron chi connectivity index (χ4n) is 0.961. The van der Waals surface area contributed by atoms with E-state index in [1.165, 1.54) is 13.8 Å². The number of nitrogens with two attached hydrogens (primary N) is 1. The summed E-state index contributed by atoms with van der Waals surface area (Å²) < 4.78 is 18.5. The molecule has 5 heteroatoms. The number of ether oxygens (including phenoxy) is 1. The SMILES string of the molecule is CC(C)(C)OC(=O)NC(CN)C(C)(C)F. The van der Waals surface area contributed by atoms with Crippen molar-refractivity contribution in [1.82, 2.24) is 5.32 Å². The first kappa shape index (κ1) is 14.2. The van der Waals surface area contributed by atoms with E-state index in [4.69, 9.17) is 10.5 Å². The molecular formula is C10H21FN2O2. The maximum atomic E-state index is 13.5. The zero-order valence-electron chi connectivity index (χ0n) is 10.1. The van der Waals surface area contributed by atoms with Crippen LogP contribution in [-0.4, -0.2) is 29.9 Å². The molecule has 0 aromatic heterocycles. The minimum atomic E-state index is -1.56. The van der Waals surface area contributed by atoms with E-state index >= 15 is 0 Å². The highest BCUT2D eigenvalue weighted by Crippen LogP contribution is 2.14. The molecule has 0 saturated heterocycles. The van der Waals surface area contributed by atoms with E-state index in [-0.39, 0.29) is 6.54 Å². The van der Waals surface area contributed by atoms with Crippen LogP contribution in [-0.2, 0) is 4.74 Å². The molecule has 0 fully saturated rings. The Hall–Kier alpha value is -0.840. The van der Waals surface area contributed by atoms with Crippen molar-refractivity contribution in [1.29, 1.82) is 0 Å². The molecule has 0 aromatic rings. The minimum Gasteiger partial charge on any atom is -0.444 e. The Morgan fingerprint density at radius 3 is 2.13 bits per heavy atom. The largest absolute Gasteiger partial charge is 0.444 e. The predicted octanol–water partition coefficient (Wildman–Crippen LogP) is 1.59. The molecule has 0 aliphatic rings. The number of alkyl carbamates (subject to hydrolysis) is 1. The molecule has 1 unspecified atom stereocenters. The number of halogens is 1. The third-order valence-corrected chi connectivity index (χ3v) is 1.76. The van der Waals surface area contributed by atoms with Gasteiger partial charge in [0.1, 0.15) is 11.3 Å². The number of alkyl halides is 1. The molecule has 3 N–H and O–H groups in total. The van der Waals surface area contributed by atoms with E-state index < -0.39 is 23.4 Å². The van der Waals surface area contributed by atoms with Gasteiger partial charge in [0.05, 0.1) is 6.04 Å². The zero-order chi connectivity index (χ0) is 12.3. The molecule has 0 aliphatic heterocycles. The van der Waals surface area contributed by atoms with Gasteiger partial charge in [-0.25, -0.2) is 9.18 Å². The fraction of sp³-hybridized carbons (Fsp3) is 0.900. The molecule has 90 valence electrons. The van der Waals surface area contributed by atoms with Crippen LogP contribution in [0, 0.1) is 0 Å². The highest BCUT2D eigenvalue weighted by molar-refractivity contribution is 5.68. The van der Waals surface area contributed by atoms with Crippen molar-refractivity contribution in [2.24, 2.45) is 5.73 Å². The molecule has 15 heavy (non-hydrogen) atoms. The summed E-state index contributed by atoms with van der Waals surface area (Å²) in [5.41, 5.74) is 3.20. The van der Waals surface area contributed by atoms with Gasteiger partial charge in [-0.05, 0) is 34.6 Å². The molecule has 0 rings (SSSR count). The van der Waals surface area contributed by atoms with E-state index in [2.05, 4.69) is 5.32 Å². The molecule has 4 nitrogen and oxygen atoms in total. The lowest BCUT2D eigenvalue weighted by atomic mass is 10.0. The van der Waals surface area contributed by atoms with Gasteiger partial charge in [0.25, 0.3) is 0 Å². The first-order valence-electron chi connectivity index (χ1n) is 4.95. The van der Waals surface area contributed by atoms with Gasteiger partial charge in [-0.15, -0.1) is 0 Å². The van der Waals surface area contributed by atoms with Crippen molar-refractivity contribution in [2.45, 2.75) is 51.9 Å². The van der Waals surface area contributed by atoms with Gasteiger partial charge >= 0.3 is 6.09 Å². The van der Waals surface area contributed by atoms with Crippen LogP contribution in [0.15, 0.2) is 0 Å². The van der Waals surface area contributed by atoms with Crippen LogP contribution in [0.1, 0.15) is 34.6 Å². The first-order valence-corrected chi connectivity index (χ1v) is 4.95. The van der Waals surface area contributed by atoms with Crippen LogP contribution in [0.5, 0.6) is 0 Å². The van der Waals surface area contributed by atoms with Crippen molar-refractivity contribution in [3.63, 3.8) is 0 Å². The van der Waals surface area contributed by atoms with Gasteiger partial charge in [0, 0.05) is 6.54 Å². The predicted molar refractivity (Wildman–Crippen MR) is 57.4 cm³/mol. The summed E-state index contributed by atoms with van der Waals surface area (Å²) in [6.07, 6.45) is -0.649. The van der Waals surface area contributed by atoms with Gasteiger partial charge in [0.2, 0.25) is 0 Å². The smallest absolute Gasteiger partial charge is 0.408 e. The second kappa shape index (κ2) is 4.79. The van der Waals surface area contributed by atoms with Crippen LogP contribution >= 0.6 is 0 Å². The van der Waals surface area contributed by atoms with Crippen LogP contribution in [0.3, 0.4) is 0 Å². The van der Waals surface area contributed by atoms with Crippen LogP contribution < -0.4 is 11.1 Å². The normalized spacial score (nSPS) is 14.6. The Morgan fingerprint density at radius 1 is 1.40 bits per heavy atom. The maximum absolute atomic E-state index is 13.5. The van der Waals surface area contributed by atoms with Crippen LogP contribution in [0.2, 0.25) is 0 Å². The molecular weight excluding hydrogens is 199 g/mol. The Bertz CT molecular complexity index is 218. The lowest BCUT2D eigenvalue weighted by molar-refractivity contribution is 0.0429. The quantitative estimate of drug-likeness (QED) is 0.759. The molecule has 1 amide bonds. The highest BCUT2D eigenvalue weighted by Gasteiger charge is 2.30. The van der Waals surface area contributed by atoms with E-state index in [1.54, 1.807) is 20.8 Å². The van der Waals surface area contributed by atoms with Crippen molar-refractivity contribution in [3.8, 4) is 0 Å². The monoisotopic (exact) mass is 220 g/mol. The standard InChI is InChI=1S/C10H21FN2O2/c1-9(2,3)15-8(14)13-7(6-12)10(4,5)11/h7H,6,12H2,1-5H3,(H,13,14). The van der Waals surface area contributed by atoms with Gasteiger partial charge in [0.15, 0.2) is 0 Å². The number of nitrogens with one attached hydrogen (secondary N) is 1. The lowest BCUT2D eigenvalue weighted by Crippen LogP contribution is -2.52. The van der Waals surface area contributed by atoms with E-state index in [9.17, 15) is 9.18 Å². The Labute approximate surface area is 90.4 Å². The van der Waals surface area contributed by atoms with Crippen LogP contribution in [0.4, 0.5) is 9.18 Å². The van der Waals surface area contributed by atoms with Gasteiger partial charge in [-0.2, -0.15) is 0 Å². The molecule has 0 aliphatic carbocycles. The van der Waals surface area contributed by atoms with Crippen molar-refractivity contribution >= 4 is 6.09 Å². The Balaban J connectivity index is 4.27. The maximum Gasteiger partial charge on any atom is 0.408 e. The lowest BCUT2D eigenvalue weighted by Gasteiger charge is -2.28. The number of carbonyl (C=O) groups is 1. The van der Waals surface area contributed by atoms with Crippen molar-refractivity contribution in [3.05, 3.63) is 0 Å². The summed E-state index contributed by atoms with van der Waals surface area (Å²) >= 11 is 0. The number of amides is 1. The third kappa shape index (κ3) is 6.28. The second-order valence-electron chi connectivity index (χ2n) is 5.00. The molecule has 0 spiro atoms. The molecule has 0 heterocycles. The third-order valence-electron chi connectivity index (χ3n) is 1.76. The molecule has 0 aromatic carbocycles. The zero-order valence-corrected chi connectivity index (χ0v) is 10.1. The topological polar surface area (TPSA) is 64.3 Å². The van der Waals surface area contributed by atoms with Crippen molar-refractivity contribution < 1.29 is 13.9 Å². The highest BCUT2D eigenvalue weighted by atomic mass is 19.1. The minimum absolute atomic E-state index is 0.0305. The summed E-state index contributed by atoms with van der Waals surface area (Å²) in [7, 11) is 0. The summed E-state index contributed by atoms with van der Waals surface area (Å²) in [6, 6.07) is -0.743. The van der Waals surface area contributed by atoms with Crippen LogP contribution in [0.25, 0.3) is 0 Å². The van der Waals surface area contributed by atoms with Gasteiger partial charge in [-0.3, -0.25) is 0 Å². The summed E-state index contributed by atoms with van der Waals surface area (Å²) in [5, 5.41) is 2.40. The number of rotatable bonds is 3. The number of carbonyl (C=O) groups excluding carboxylic acids is 1. The van der Waals surface area contributed by atoms with Gasteiger partial charge in [-0.1, -0.05) is 0 Å². The Morgan fingerprint density at radius 2 is 1.87 bits per heavy atom. The van der Waals surface area contributed by atoms with E-state index in [0.717, 1.165) is 0 Å². The molecule has 0 radical (unpaired) electrons. The molecule has 1 atom stereocenters. The summed E-state index contributed by atoms with van der Waals surface area (Å²) in [5.74, 6) is 0. The Kier molecular flexibility index (Phi) is 4.52. The summed E-state index contributed by atoms with van der Waals surface area (Å²) in [4.78, 5) is 11.3.